The second kappa shape index (κ2) is 5.42. The van der Waals surface area contributed by atoms with Crippen LogP contribution >= 0.6 is 0 Å². The van der Waals surface area contributed by atoms with Gasteiger partial charge in [0.2, 0.25) is 12.2 Å². The van der Waals surface area contributed by atoms with E-state index in [0.717, 1.165) is 11.8 Å². The SMILES string of the molecule is C[C@@H](NC(=O)Cn1cnc([N+](=O)[O-])n1)[C@H]1C[C@@H]2CC[C@@H]1C2. The first-order valence-electron chi connectivity index (χ1n) is 7.36. The van der Waals surface area contributed by atoms with E-state index >= 15 is 0 Å². The second-order valence-corrected chi connectivity index (χ2v) is 6.19. The third kappa shape index (κ3) is 2.88. The van der Waals surface area contributed by atoms with Gasteiger partial charge in [-0.1, -0.05) is 11.4 Å². The van der Waals surface area contributed by atoms with Crippen molar-refractivity contribution in [3.05, 3.63) is 16.4 Å². The van der Waals surface area contributed by atoms with Crippen LogP contribution in [0.4, 0.5) is 5.95 Å². The molecule has 8 nitrogen and oxygen atoms in total. The van der Waals surface area contributed by atoms with E-state index in [2.05, 4.69) is 15.4 Å². The number of nitrogens with zero attached hydrogens (tertiary/aromatic N) is 4. The van der Waals surface area contributed by atoms with Gasteiger partial charge in [0.25, 0.3) is 0 Å². The molecule has 8 heteroatoms. The number of aromatic nitrogens is 3. The Morgan fingerprint density at radius 1 is 1.57 bits per heavy atom. The first-order valence-corrected chi connectivity index (χ1v) is 7.36. The average Bonchev–Trinajstić information content (AvgIpc) is 3.13. The Morgan fingerprint density at radius 3 is 2.95 bits per heavy atom. The molecule has 1 amide bonds. The number of hydrogen-bond acceptors (Lipinski definition) is 5. The van der Waals surface area contributed by atoms with Gasteiger partial charge in [-0.15, -0.1) is 0 Å². The average molecular weight is 293 g/mol. The third-order valence-corrected chi connectivity index (χ3v) is 4.82. The molecular weight excluding hydrogens is 274 g/mol. The van der Waals surface area contributed by atoms with Gasteiger partial charge < -0.3 is 15.4 Å². The number of carbonyl (C=O) groups is 1. The summed E-state index contributed by atoms with van der Waals surface area (Å²) in [6.45, 7) is 2.01. The largest absolute Gasteiger partial charge is 0.490 e. The molecular formula is C13H19N5O3. The second-order valence-electron chi connectivity index (χ2n) is 6.19. The number of rotatable bonds is 5. The highest BCUT2D eigenvalue weighted by molar-refractivity contribution is 5.75. The van der Waals surface area contributed by atoms with E-state index in [4.69, 9.17) is 0 Å². The van der Waals surface area contributed by atoms with Crippen LogP contribution in [0, 0.1) is 27.9 Å². The van der Waals surface area contributed by atoms with E-state index in [0.29, 0.717) is 5.92 Å². The first-order chi connectivity index (χ1) is 10.0. The van der Waals surface area contributed by atoms with Gasteiger partial charge in [0.15, 0.2) is 0 Å². The minimum Gasteiger partial charge on any atom is -0.390 e. The van der Waals surface area contributed by atoms with Crippen LogP contribution in [-0.4, -0.2) is 31.6 Å². The summed E-state index contributed by atoms with van der Waals surface area (Å²) >= 11 is 0. The van der Waals surface area contributed by atoms with E-state index in [-0.39, 0.29) is 18.5 Å². The van der Waals surface area contributed by atoms with Gasteiger partial charge in [-0.25, -0.2) is 0 Å². The summed E-state index contributed by atoms with van der Waals surface area (Å²) in [6, 6.07) is 0.145. The fourth-order valence-electron chi connectivity index (χ4n) is 3.90. The Kier molecular flexibility index (Phi) is 3.60. The normalized spacial score (nSPS) is 28.5. The summed E-state index contributed by atoms with van der Waals surface area (Å²) in [7, 11) is 0. The highest BCUT2D eigenvalue weighted by atomic mass is 16.6. The fraction of sp³-hybridized carbons (Fsp3) is 0.769. The molecule has 1 heterocycles. The van der Waals surface area contributed by atoms with Crippen molar-refractivity contribution in [2.45, 2.75) is 45.2 Å². The molecule has 2 bridgehead atoms. The topological polar surface area (TPSA) is 103 Å². The number of amides is 1. The zero-order chi connectivity index (χ0) is 15.0. The van der Waals surface area contributed by atoms with Crippen LogP contribution in [0.5, 0.6) is 0 Å². The van der Waals surface area contributed by atoms with Crippen molar-refractivity contribution < 1.29 is 9.72 Å². The lowest BCUT2D eigenvalue weighted by atomic mass is 9.84. The number of carbonyl (C=O) groups excluding carboxylic acids is 1. The number of nitrogens with one attached hydrogen (secondary N) is 1. The zero-order valence-corrected chi connectivity index (χ0v) is 11.9. The molecule has 1 N–H and O–H groups in total. The molecule has 0 aromatic carbocycles. The standard InChI is InChI=1S/C13H19N5O3/c1-8(11-5-9-2-3-10(11)4-9)15-12(19)6-17-7-14-13(16-17)18(20)21/h7-11H,2-6H2,1H3,(H,15,19)/t8-,9-,10-,11-/m1/s1. The van der Waals surface area contributed by atoms with Crippen LogP contribution in [0.2, 0.25) is 0 Å². The lowest BCUT2D eigenvalue weighted by molar-refractivity contribution is -0.394. The molecule has 3 rings (SSSR count). The maximum absolute atomic E-state index is 12.0. The Bertz CT molecular complexity index is 558. The van der Waals surface area contributed by atoms with Gasteiger partial charge in [-0.3, -0.25) is 4.79 Å². The van der Waals surface area contributed by atoms with Crippen LogP contribution in [0.3, 0.4) is 0 Å². The monoisotopic (exact) mass is 293 g/mol. The van der Waals surface area contributed by atoms with Crippen molar-refractivity contribution in [2.75, 3.05) is 0 Å². The smallest absolute Gasteiger partial charge is 0.390 e. The van der Waals surface area contributed by atoms with Crippen molar-refractivity contribution in [3.63, 3.8) is 0 Å². The van der Waals surface area contributed by atoms with Crippen molar-refractivity contribution in [2.24, 2.45) is 17.8 Å². The van der Waals surface area contributed by atoms with Crippen molar-refractivity contribution in [3.8, 4) is 0 Å². The van der Waals surface area contributed by atoms with Crippen LogP contribution in [0.25, 0.3) is 0 Å². The molecule has 2 aliphatic rings. The predicted molar refractivity (Wildman–Crippen MR) is 73.2 cm³/mol. The Balaban J connectivity index is 1.52. The van der Waals surface area contributed by atoms with Crippen molar-refractivity contribution in [1.82, 2.24) is 20.1 Å². The molecule has 114 valence electrons. The molecule has 0 aliphatic heterocycles. The van der Waals surface area contributed by atoms with E-state index in [1.165, 1.54) is 36.7 Å². The van der Waals surface area contributed by atoms with Crippen molar-refractivity contribution in [1.29, 1.82) is 0 Å². The number of fused-ring (bicyclic) bond motifs is 2. The molecule has 2 aliphatic carbocycles. The van der Waals surface area contributed by atoms with Gasteiger partial charge in [-0.05, 0) is 48.9 Å². The zero-order valence-electron chi connectivity index (χ0n) is 11.9. The number of nitro groups is 1. The summed E-state index contributed by atoms with van der Waals surface area (Å²) in [5.74, 6) is 1.50. The molecule has 4 atom stereocenters. The molecule has 0 radical (unpaired) electrons. The molecule has 2 saturated carbocycles. The molecule has 2 fully saturated rings. The maximum atomic E-state index is 12.0. The maximum Gasteiger partial charge on any atom is 0.490 e. The quantitative estimate of drug-likeness (QED) is 0.647. The summed E-state index contributed by atoms with van der Waals surface area (Å²) in [6.07, 6.45) is 6.34. The molecule has 0 unspecified atom stereocenters. The minimum atomic E-state index is -0.674. The van der Waals surface area contributed by atoms with E-state index in [1.54, 1.807) is 0 Å². The van der Waals surface area contributed by atoms with E-state index in [9.17, 15) is 14.9 Å². The van der Waals surface area contributed by atoms with Crippen LogP contribution in [0.15, 0.2) is 6.33 Å². The third-order valence-electron chi connectivity index (χ3n) is 4.82. The lowest BCUT2D eigenvalue weighted by Gasteiger charge is -2.28. The highest BCUT2D eigenvalue weighted by Gasteiger charge is 2.42. The first kappa shape index (κ1) is 14.0. The summed E-state index contributed by atoms with van der Waals surface area (Å²) in [5, 5.41) is 17.1. The van der Waals surface area contributed by atoms with Gasteiger partial charge >= 0.3 is 5.95 Å². The minimum absolute atomic E-state index is 0.0357. The number of hydrogen-bond donors (Lipinski definition) is 1. The predicted octanol–water partition coefficient (Wildman–Crippen LogP) is 1.13. The van der Waals surface area contributed by atoms with Gasteiger partial charge in [0.05, 0.1) is 0 Å². The van der Waals surface area contributed by atoms with Gasteiger partial charge in [0, 0.05) is 11.1 Å². The summed E-state index contributed by atoms with van der Waals surface area (Å²) < 4.78 is 1.20. The molecule has 0 spiro atoms. The Morgan fingerprint density at radius 2 is 2.38 bits per heavy atom. The molecule has 1 aromatic rings. The fourth-order valence-corrected chi connectivity index (χ4v) is 3.90. The highest BCUT2D eigenvalue weighted by Crippen LogP contribution is 2.49. The Labute approximate surface area is 122 Å². The molecule has 0 saturated heterocycles. The molecule has 21 heavy (non-hydrogen) atoms. The van der Waals surface area contributed by atoms with Crippen molar-refractivity contribution >= 4 is 11.9 Å². The van der Waals surface area contributed by atoms with Gasteiger partial charge in [0.1, 0.15) is 6.54 Å². The van der Waals surface area contributed by atoms with Crippen LogP contribution in [-0.2, 0) is 11.3 Å². The van der Waals surface area contributed by atoms with Crippen LogP contribution < -0.4 is 5.32 Å². The molecule has 1 aromatic heterocycles. The van der Waals surface area contributed by atoms with E-state index < -0.39 is 10.9 Å². The van der Waals surface area contributed by atoms with Crippen LogP contribution in [0.1, 0.15) is 32.6 Å². The summed E-state index contributed by atoms with van der Waals surface area (Å²) in [5.41, 5.74) is 0. The lowest BCUT2D eigenvalue weighted by Crippen LogP contribution is -2.41. The van der Waals surface area contributed by atoms with E-state index in [1.807, 2.05) is 6.92 Å². The summed E-state index contributed by atoms with van der Waals surface area (Å²) in [4.78, 5) is 25.3. The Hall–Kier alpha value is -1.99. The van der Waals surface area contributed by atoms with Gasteiger partial charge in [-0.2, -0.15) is 4.68 Å².